The van der Waals surface area contributed by atoms with E-state index in [1.54, 1.807) is 12.1 Å². The standard InChI is InChI=1S/C21H28N2O3S/c1-6-17-10-12-18(13-11-17)23(27(5,25)26)14-20(24)22-21-16(4)8-7-9-19(21)15(2)3/h7-13,15H,6,14H2,1-5H3,(H,22,24). The first-order valence-corrected chi connectivity index (χ1v) is 10.9. The number of anilines is 2. The zero-order valence-electron chi connectivity index (χ0n) is 16.6. The van der Waals surface area contributed by atoms with Gasteiger partial charge in [-0.05, 0) is 48.1 Å². The second kappa shape index (κ2) is 8.57. The molecule has 1 amide bonds. The lowest BCUT2D eigenvalue weighted by Gasteiger charge is -2.23. The molecule has 0 saturated carbocycles. The molecule has 0 unspecified atom stereocenters. The highest BCUT2D eigenvalue weighted by Gasteiger charge is 2.22. The van der Waals surface area contributed by atoms with E-state index < -0.39 is 10.0 Å². The van der Waals surface area contributed by atoms with Gasteiger partial charge in [0.1, 0.15) is 6.54 Å². The van der Waals surface area contributed by atoms with Gasteiger partial charge in [-0.2, -0.15) is 0 Å². The molecule has 0 fully saturated rings. The number of para-hydroxylation sites is 1. The summed E-state index contributed by atoms with van der Waals surface area (Å²) < 4.78 is 25.7. The number of hydrogen-bond donors (Lipinski definition) is 1. The van der Waals surface area contributed by atoms with E-state index in [0.717, 1.165) is 39.4 Å². The second-order valence-corrected chi connectivity index (χ2v) is 8.94. The molecule has 0 radical (unpaired) electrons. The summed E-state index contributed by atoms with van der Waals surface area (Å²) in [4.78, 5) is 12.7. The highest BCUT2D eigenvalue weighted by atomic mass is 32.2. The lowest BCUT2D eigenvalue weighted by molar-refractivity contribution is -0.114. The van der Waals surface area contributed by atoms with Crippen LogP contribution in [0.25, 0.3) is 0 Å². The summed E-state index contributed by atoms with van der Waals surface area (Å²) >= 11 is 0. The molecule has 2 aromatic rings. The van der Waals surface area contributed by atoms with Crippen molar-refractivity contribution in [3.8, 4) is 0 Å². The van der Waals surface area contributed by atoms with Gasteiger partial charge in [0, 0.05) is 5.69 Å². The molecule has 5 nitrogen and oxygen atoms in total. The number of amides is 1. The number of carbonyl (C=O) groups is 1. The third-order valence-electron chi connectivity index (χ3n) is 4.51. The van der Waals surface area contributed by atoms with Gasteiger partial charge in [-0.3, -0.25) is 9.10 Å². The Hall–Kier alpha value is -2.34. The summed E-state index contributed by atoms with van der Waals surface area (Å²) in [6, 6.07) is 13.1. The van der Waals surface area contributed by atoms with Crippen LogP contribution in [0.3, 0.4) is 0 Å². The summed E-state index contributed by atoms with van der Waals surface area (Å²) in [7, 11) is -3.59. The third kappa shape index (κ3) is 5.32. The van der Waals surface area contributed by atoms with Crippen molar-refractivity contribution >= 4 is 27.3 Å². The van der Waals surface area contributed by atoms with Gasteiger partial charge in [-0.15, -0.1) is 0 Å². The maximum Gasteiger partial charge on any atom is 0.245 e. The van der Waals surface area contributed by atoms with E-state index in [1.807, 2.05) is 44.2 Å². The molecule has 0 aliphatic heterocycles. The number of nitrogens with zero attached hydrogens (tertiary/aromatic N) is 1. The molecule has 0 aromatic heterocycles. The number of aryl methyl sites for hydroxylation is 2. The van der Waals surface area contributed by atoms with Crippen LogP contribution in [0.15, 0.2) is 42.5 Å². The maximum atomic E-state index is 12.7. The molecule has 27 heavy (non-hydrogen) atoms. The van der Waals surface area contributed by atoms with Gasteiger partial charge in [0.2, 0.25) is 15.9 Å². The SMILES string of the molecule is CCc1ccc(N(CC(=O)Nc2c(C)cccc2C(C)C)S(C)(=O)=O)cc1. The summed E-state index contributed by atoms with van der Waals surface area (Å²) in [6.45, 7) is 7.81. The van der Waals surface area contributed by atoms with Crippen LogP contribution in [-0.4, -0.2) is 27.1 Å². The van der Waals surface area contributed by atoms with Crippen molar-refractivity contribution in [1.82, 2.24) is 0 Å². The average molecular weight is 389 g/mol. The molecule has 0 heterocycles. The van der Waals surface area contributed by atoms with Crippen molar-refractivity contribution in [2.24, 2.45) is 0 Å². The normalized spacial score (nSPS) is 11.5. The van der Waals surface area contributed by atoms with Crippen molar-refractivity contribution in [3.63, 3.8) is 0 Å². The zero-order valence-corrected chi connectivity index (χ0v) is 17.4. The van der Waals surface area contributed by atoms with Crippen molar-refractivity contribution < 1.29 is 13.2 Å². The van der Waals surface area contributed by atoms with Crippen LogP contribution in [0.2, 0.25) is 0 Å². The predicted molar refractivity (Wildman–Crippen MR) is 112 cm³/mol. The number of nitrogens with one attached hydrogen (secondary N) is 1. The third-order valence-corrected chi connectivity index (χ3v) is 5.65. The minimum absolute atomic E-state index is 0.243. The number of rotatable bonds is 7. The minimum Gasteiger partial charge on any atom is -0.324 e. The molecule has 0 atom stereocenters. The molecule has 1 N–H and O–H groups in total. The molecule has 0 aliphatic rings. The van der Waals surface area contributed by atoms with E-state index in [-0.39, 0.29) is 18.4 Å². The summed E-state index contributed by atoms with van der Waals surface area (Å²) in [6.07, 6.45) is 1.98. The van der Waals surface area contributed by atoms with E-state index in [4.69, 9.17) is 0 Å². The Morgan fingerprint density at radius 1 is 1.11 bits per heavy atom. The van der Waals surface area contributed by atoms with Crippen LogP contribution in [0.5, 0.6) is 0 Å². The van der Waals surface area contributed by atoms with Crippen molar-refractivity contribution in [1.29, 1.82) is 0 Å². The number of hydrogen-bond acceptors (Lipinski definition) is 3. The lowest BCUT2D eigenvalue weighted by atomic mass is 9.98. The zero-order chi connectivity index (χ0) is 20.2. The minimum atomic E-state index is -3.59. The predicted octanol–water partition coefficient (Wildman–Crippen LogP) is 4.09. The van der Waals surface area contributed by atoms with E-state index in [2.05, 4.69) is 19.2 Å². The Balaban J connectivity index is 2.28. The molecule has 2 aromatic carbocycles. The van der Waals surface area contributed by atoms with Gasteiger partial charge in [0.25, 0.3) is 0 Å². The molecule has 2 rings (SSSR count). The van der Waals surface area contributed by atoms with E-state index in [0.29, 0.717) is 5.69 Å². The van der Waals surface area contributed by atoms with Gasteiger partial charge in [-0.1, -0.05) is 51.1 Å². The van der Waals surface area contributed by atoms with Crippen molar-refractivity contribution in [3.05, 3.63) is 59.2 Å². The maximum absolute atomic E-state index is 12.7. The van der Waals surface area contributed by atoms with Gasteiger partial charge in [0.05, 0.1) is 11.9 Å². The van der Waals surface area contributed by atoms with E-state index in [9.17, 15) is 13.2 Å². The van der Waals surface area contributed by atoms with Gasteiger partial charge in [-0.25, -0.2) is 8.42 Å². The van der Waals surface area contributed by atoms with Crippen LogP contribution in [0, 0.1) is 6.92 Å². The summed E-state index contributed by atoms with van der Waals surface area (Å²) in [5, 5.41) is 2.91. The first-order chi connectivity index (χ1) is 12.6. The van der Waals surface area contributed by atoms with Crippen LogP contribution < -0.4 is 9.62 Å². The second-order valence-electron chi connectivity index (χ2n) is 7.03. The van der Waals surface area contributed by atoms with E-state index in [1.165, 1.54) is 0 Å². The molecule has 6 heteroatoms. The van der Waals surface area contributed by atoms with Crippen LogP contribution in [-0.2, 0) is 21.2 Å². The Bertz CT molecular complexity index is 904. The number of carbonyl (C=O) groups excluding carboxylic acids is 1. The monoisotopic (exact) mass is 388 g/mol. The molecular formula is C21H28N2O3S. The van der Waals surface area contributed by atoms with Crippen LogP contribution >= 0.6 is 0 Å². The first kappa shape index (κ1) is 21.0. The Kier molecular flexibility index (Phi) is 6.65. The molecule has 0 spiro atoms. The quantitative estimate of drug-likeness (QED) is 0.777. The van der Waals surface area contributed by atoms with Crippen molar-refractivity contribution in [2.75, 3.05) is 22.4 Å². The highest BCUT2D eigenvalue weighted by molar-refractivity contribution is 7.92. The first-order valence-electron chi connectivity index (χ1n) is 9.09. The fraction of sp³-hybridized carbons (Fsp3) is 0.381. The molecular weight excluding hydrogens is 360 g/mol. The molecule has 0 aliphatic carbocycles. The van der Waals surface area contributed by atoms with Gasteiger partial charge < -0.3 is 5.32 Å². The van der Waals surface area contributed by atoms with Gasteiger partial charge >= 0.3 is 0 Å². The average Bonchev–Trinajstić information content (AvgIpc) is 2.60. The molecule has 0 bridgehead atoms. The van der Waals surface area contributed by atoms with Crippen LogP contribution in [0.4, 0.5) is 11.4 Å². The lowest BCUT2D eigenvalue weighted by Crippen LogP contribution is -2.37. The fourth-order valence-electron chi connectivity index (χ4n) is 2.95. The topological polar surface area (TPSA) is 66.5 Å². The summed E-state index contributed by atoms with van der Waals surface area (Å²) in [5.74, 6) is -0.121. The van der Waals surface area contributed by atoms with E-state index >= 15 is 0 Å². The fourth-order valence-corrected chi connectivity index (χ4v) is 3.81. The Morgan fingerprint density at radius 2 is 1.74 bits per heavy atom. The highest BCUT2D eigenvalue weighted by Crippen LogP contribution is 2.27. The number of sulfonamides is 1. The largest absolute Gasteiger partial charge is 0.324 e. The Morgan fingerprint density at radius 3 is 2.26 bits per heavy atom. The van der Waals surface area contributed by atoms with Gasteiger partial charge in [0.15, 0.2) is 0 Å². The molecule has 0 saturated heterocycles. The summed E-state index contributed by atoms with van der Waals surface area (Å²) in [5.41, 5.74) is 4.33. The van der Waals surface area contributed by atoms with Crippen LogP contribution in [0.1, 0.15) is 43.4 Å². The number of benzene rings is 2. The van der Waals surface area contributed by atoms with Crippen molar-refractivity contribution in [2.45, 2.75) is 40.0 Å². The smallest absolute Gasteiger partial charge is 0.245 e. The molecule has 146 valence electrons. The Labute approximate surface area is 162 Å².